The number of rotatable bonds is 4. The molecule has 0 radical (unpaired) electrons. The first kappa shape index (κ1) is 17.8. The Morgan fingerprint density at radius 2 is 1.70 bits per heavy atom. The molecule has 4 rings (SSSR count). The molecule has 4 heteroatoms. The number of hydrogen-bond donors (Lipinski definition) is 1. The molecule has 1 aliphatic heterocycles. The molecule has 1 aliphatic rings. The number of anilines is 1. The van der Waals surface area contributed by atoms with Gasteiger partial charge in [-0.2, -0.15) is 0 Å². The van der Waals surface area contributed by atoms with Crippen LogP contribution in [-0.2, 0) is 0 Å². The monoisotopic (exact) mass is 361 g/mol. The molecule has 140 valence electrons. The van der Waals surface area contributed by atoms with Crippen molar-refractivity contribution in [1.29, 1.82) is 0 Å². The number of hydrogen-bond acceptors (Lipinski definition) is 3. The minimum absolute atomic E-state index is 0.0812. The molecular weight excluding hydrogens is 334 g/mol. The van der Waals surface area contributed by atoms with E-state index in [0.717, 1.165) is 35.4 Å². The average Bonchev–Trinajstić information content (AvgIpc) is 3.11. The molecule has 1 N–H and O–H groups in total. The number of aromatic amines is 1. The van der Waals surface area contributed by atoms with Crippen LogP contribution in [0, 0.1) is 0 Å². The number of aromatic nitrogens is 1. The summed E-state index contributed by atoms with van der Waals surface area (Å²) in [6.45, 7) is 2.27. The Bertz CT molecular complexity index is 947. The number of piperidine rings is 1. The summed E-state index contributed by atoms with van der Waals surface area (Å²) in [6.07, 6.45) is 4.49. The number of carbonyl (C=O) groups excluding carboxylic acids is 1. The summed E-state index contributed by atoms with van der Waals surface area (Å²) in [6, 6.07) is 13.8. The van der Waals surface area contributed by atoms with Crippen molar-refractivity contribution in [2.24, 2.45) is 0 Å². The predicted molar refractivity (Wildman–Crippen MR) is 112 cm³/mol. The summed E-state index contributed by atoms with van der Waals surface area (Å²) in [5.74, 6) is 0.650. The SMILES string of the molecule is CN1CCC(c2c[nH]c3ccc(C(=O)c4ccc(N(C)C)cc4)cc23)CC1. The van der Waals surface area contributed by atoms with Crippen LogP contribution in [0.15, 0.2) is 48.7 Å². The van der Waals surface area contributed by atoms with Crippen molar-refractivity contribution in [3.05, 3.63) is 65.4 Å². The van der Waals surface area contributed by atoms with Crippen molar-refractivity contribution in [1.82, 2.24) is 9.88 Å². The van der Waals surface area contributed by atoms with Crippen molar-refractivity contribution in [2.45, 2.75) is 18.8 Å². The van der Waals surface area contributed by atoms with Gasteiger partial charge in [0.25, 0.3) is 0 Å². The van der Waals surface area contributed by atoms with Crippen LogP contribution in [0.25, 0.3) is 10.9 Å². The number of fused-ring (bicyclic) bond motifs is 1. The quantitative estimate of drug-likeness (QED) is 0.705. The van der Waals surface area contributed by atoms with Crippen molar-refractivity contribution >= 4 is 22.4 Å². The topological polar surface area (TPSA) is 39.3 Å². The Morgan fingerprint density at radius 1 is 1.04 bits per heavy atom. The second-order valence-corrected chi connectivity index (χ2v) is 7.85. The lowest BCUT2D eigenvalue weighted by Gasteiger charge is -2.28. The van der Waals surface area contributed by atoms with Gasteiger partial charge in [-0.15, -0.1) is 0 Å². The first-order valence-corrected chi connectivity index (χ1v) is 9.64. The molecule has 0 spiro atoms. The second-order valence-electron chi connectivity index (χ2n) is 7.85. The summed E-state index contributed by atoms with van der Waals surface area (Å²) < 4.78 is 0. The van der Waals surface area contributed by atoms with Crippen LogP contribution in [0.2, 0.25) is 0 Å². The molecule has 0 amide bonds. The molecule has 2 heterocycles. The molecule has 0 atom stereocenters. The highest BCUT2D eigenvalue weighted by Gasteiger charge is 2.21. The number of H-pyrrole nitrogens is 1. The average molecular weight is 361 g/mol. The van der Waals surface area contributed by atoms with Gasteiger partial charge in [-0.3, -0.25) is 4.79 Å². The summed E-state index contributed by atoms with van der Waals surface area (Å²) in [4.78, 5) is 20.8. The van der Waals surface area contributed by atoms with Crippen LogP contribution in [0.1, 0.15) is 40.2 Å². The molecule has 0 aliphatic carbocycles. The molecule has 2 aromatic carbocycles. The van der Waals surface area contributed by atoms with Crippen molar-refractivity contribution in [3.63, 3.8) is 0 Å². The number of nitrogens with zero attached hydrogens (tertiary/aromatic N) is 2. The molecule has 3 aromatic rings. The van der Waals surface area contributed by atoms with E-state index in [1.165, 1.54) is 23.8 Å². The molecule has 0 bridgehead atoms. The Labute approximate surface area is 160 Å². The van der Waals surface area contributed by atoms with Gasteiger partial charge < -0.3 is 14.8 Å². The fraction of sp³-hybridized carbons (Fsp3) is 0.348. The lowest BCUT2D eigenvalue weighted by atomic mass is 9.88. The third kappa shape index (κ3) is 3.50. The summed E-state index contributed by atoms with van der Waals surface area (Å²) in [7, 11) is 6.19. The minimum atomic E-state index is 0.0812. The van der Waals surface area contributed by atoms with Crippen LogP contribution in [-0.4, -0.2) is 49.9 Å². The number of nitrogens with one attached hydrogen (secondary N) is 1. The Balaban J connectivity index is 1.64. The van der Waals surface area contributed by atoms with Gasteiger partial charge in [0.1, 0.15) is 0 Å². The van der Waals surface area contributed by atoms with Gasteiger partial charge in [0.15, 0.2) is 5.78 Å². The van der Waals surface area contributed by atoms with Crippen LogP contribution in [0.4, 0.5) is 5.69 Å². The first-order valence-electron chi connectivity index (χ1n) is 9.64. The zero-order valence-corrected chi connectivity index (χ0v) is 16.3. The van der Waals surface area contributed by atoms with Gasteiger partial charge in [-0.05, 0) is 86.9 Å². The van der Waals surface area contributed by atoms with E-state index in [-0.39, 0.29) is 5.78 Å². The van der Waals surface area contributed by atoms with Crippen molar-refractivity contribution in [3.8, 4) is 0 Å². The number of likely N-dealkylation sites (tertiary alicyclic amines) is 1. The van der Waals surface area contributed by atoms with Gasteiger partial charge in [-0.1, -0.05) is 0 Å². The zero-order chi connectivity index (χ0) is 19.0. The molecule has 1 fully saturated rings. The normalized spacial score (nSPS) is 16.0. The highest BCUT2D eigenvalue weighted by atomic mass is 16.1. The highest BCUT2D eigenvalue weighted by Crippen LogP contribution is 2.33. The maximum atomic E-state index is 13.0. The molecular formula is C23H27N3O. The van der Waals surface area contributed by atoms with E-state index in [9.17, 15) is 4.79 Å². The van der Waals surface area contributed by atoms with Crippen molar-refractivity contribution < 1.29 is 4.79 Å². The van der Waals surface area contributed by atoms with Gasteiger partial charge in [0, 0.05) is 48.0 Å². The maximum absolute atomic E-state index is 13.0. The van der Waals surface area contributed by atoms with E-state index in [1.807, 2.05) is 55.4 Å². The number of carbonyl (C=O) groups is 1. The largest absolute Gasteiger partial charge is 0.378 e. The summed E-state index contributed by atoms with van der Waals surface area (Å²) in [5, 5.41) is 1.19. The van der Waals surface area contributed by atoms with E-state index >= 15 is 0 Å². The smallest absolute Gasteiger partial charge is 0.193 e. The van der Waals surface area contributed by atoms with Crippen LogP contribution < -0.4 is 4.90 Å². The van der Waals surface area contributed by atoms with Crippen molar-refractivity contribution in [2.75, 3.05) is 39.1 Å². The lowest BCUT2D eigenvalue weighted by Crippen LogP contribution is -2.29. The van der Waals surface area contributed by atoms with Crippen LogP contribution in [0.3, 0.4) is 0 Å². The Kier molecular flexibility index (Phi) is 4.75. The third-order valence-electron chi connectivity index (χ3n) is 5.78. The van der Waals surface area contributed by atoms with Crippen LogP contribution in [0.5, 0.6) is 0 Å². The van der Waals surface area contributed by atoms with Gasteiger partial charge >= 0.3 is 0 Å². The molecule has 4 nitrogen and oxygen atoms in total. The van der Waals surface area contributed by atoms with E-state index in [1.54, 1.807) is 0 Å². The molecule has 1 saturated heterocycles. The predicted octanol–water partition coefficient (Wildman–Crippen LogP) is 4.27. The fourth-order valence-corrected chi connectivity index (χ4v) is 4.02. The highest BCUT2D eigenvalue weighted by molar-refractivity contribution is 6.10. The first-order chi connectivity index (χ1) is 13.0. The Hall–Kier alpha value is -2.59. The maximum Gasteiger partial charge on any atom is 0.193 e. The number of benzene rings is 2. The summed E-state index contributed by atoms with van der Waals surface area (Å²) >= 11 is 0. The molecule has 0 saturated carbocycles. The van der Waals surface area contributed by atoms with Gasteiger partial charge in [-0.25, -0.2) is 0 Å². The zero-order valence-electron chi connectivity index (χ0n) is 16.3. The van der Waals surface area contributed by atoms with Gasteiger partial charge in [0.2, 0.25) is 0 Å². The molecule has 1 aromatic heterocycles. The molecule has 27 heavy (non-hydrogen) atoms. The minimum Gasteiger partial charge on any atom is -0.378 e. The van der Waals surface area contributed by atoms with E-state index in [0.29, 0.717) is 5.92 Å². The van der Waals surface area contributed by atoms with E-state index in [4.69, 9.17) is 0 Å². The van der Waals surface area contributed by atoms with E-state index in [2.05, 4.69) is 29.2 Å². The second kappa shape index (κ2) is 7.20. The lowest BCUT2D eigenvalue weighted by molar-refractivity contribution is 0.103. The standard InChI is InChI=1S/C23H27N3O/c1-25(2)19-7-4-17(5-8-19)23(27)18-6-9-22-20(14-18)21(15-24-22)16-10-12-26(3)13-11-16/h4-9,14-16,24H,10-13H2,1-3H3. The van der Waals surface area contributed by atoms with E-state index < -0.39 is 0 Å². The number of ketones is 1. The van der Waals surface area contributed by atoms with Crippen LogP contribution >= 0.6 is 0 Å². The Morgan fingerprint density at radius 3 is 2.37 bits per heavy atom. The van der Waals surface area contributed by atoms with Gasteiger partial charge in [0.05, 0.1) is 0 Å². The summed E-state index contributed by atoms with van der Waals surface area (Å²) in [5.41, 5.74) is 5.06. The third-order valence-corrected chi connectivity index (χ3v) is 5.78. The molecule has 0 unspecified atom stereocenters. The fourth-order valence-electron chi connectivity index (χ4n) is 4.02.